The SMILES string of the molecule is COc1cc(C(=O)NOC(C)(C)C)cc(Cl)c1OC. The number of carbonyl (C=O) groups excluding carboxylic acids is 1. The number of rotatable bonds is 4. The first-order valence-electron chi connectivity index (χ1n) is 5.68. The fourth-order valence-corrected chi connectivity index (χ4v) is 1.60. The van der Waals surface area contributed by atoms with Gasteiger partial charge in [0.25, 0.3) is 5.91 Å². The highest BCUT2D eigenvalue weighted by Crippen LogP contribution is 2.35. The van der Waals surface area contributed by atoms with E-state index >= 15 is 0 Å². The number of methoxy groups -OCH3 is 2. The van der Waals surface area contributed by atoms with Gasteiger partial charge in [-0.2, -0.15) is 0 Å². The summed E-state index contributed by atoms with van der Waals surface area (Å²) in [6.07, 6.45) is 0. The van der Waals surface area contributed by atoms with Crippen molar-refractivity contribution in [1.29, 1.82) is 0 Å². The summed E-state index contributed by atoms with van der Waals surface area (Å²) in [6.45, 7) is 5.48. The van der Waals surface area contributed by atoms with E-state index in [0.717, 1.165) is 0 Å². The molecule has 0 aliphatic rings. The van der Waals surface area contributed by atoms with E-state index in [2.05, 4.69) is 5.48 Å². The lowest BCUT2D eigenvalue weighted by Crippen LogP contribution is -2.33. The summed E-state index contributed by atoms with van der Waals surface area (Å²) in [5, 5.41) is 0.294. The lowest BCUT2D eigenvalue weighted by molar-refractivity contribution is -0.0589. The minimum absolute atomic E-state index is 0.294. The van der Waals surface area contributed by atoms with E-state index in [9.17, 15) is 4.79 Å². The van der Waals surface area contributed by atoms with E-state index in [-0.39, 0.29) is 0 Å². The van der Waals surface area contributed by atoms with Crippen LogP contribution in [-0.2, 0) is 4.84 Å². The van der Waals surface area contributed by atoms with Crippen LogP contribution in [0.4, 0.5) is 0 Å². The molecule has 0 fully saturated rings. The van der Waals surface area contributed by atoms with E-state index in [1.807, 2.05) is 20.8 Å². The third-order valence-corrected chi connectivity index (χ3v) is 2.43. The van der Waals surface area contributed by atoms with Crippen LogP contribution in [-0.4, -0.2) is 25.7 Å². The van der Waals surface area contributed by atoms with Gasteiger partial charge >= 0.3 is 0 Å². The number of amides is 1. The van der Waals surface area contributed by atoms with E-state index in [1.54, 1.807) is 0 Å². The Labute approximate surface area is 117 Å². The Kier molecular flexibility index (Phi) is 5.03. The average Bonchev–Trinajstić information content (AvgIpc) is 2.33. The fourth-order valence-electron chi connectivity index (χ4n) is 1.31. The Hall–Kier alpha value is -1.46. The molecule has 0 unspecified atom stereocenters. The maximum absolute atomic E-state index is 11.9. The monoisotopic (exact) mass is 287 g/mol. The Morgan fingerprint density at radius 3 is 2.32 bits per heavy atom. The van der Waals surface area contributed by atoms with Crippen LogP contribution in [0.25, 0.3) is 0 Å². The number of benzene rings is 1. The number of nitrogens with one attached hydrogen (secondary N) is 1. The van der Waals surface area contributed by atoms with Gasteiger partial charge in [0, 0.05) is 5.56 Å². The first kappa shape index (κ1) is 15.6. The molecule has 5 nitrogen and oxygen atoms in total. The first-order valence-corrected chi connectivity index (χ1v) is 6.06. The molecule has 0 saturated carbocycles. The quantitative estimate of drug-likeness (QED) is 0.865. The molecule has 106 valence electrons. The Balaban J connectivity index is 2.95. The van der Waals surface area contributed by atoms with Gasteiger partial charge in [0.15, 0.2) is 11.5 Å². The smallest absolute Gasteiger partial charge is 0.275 e. The van der Waals surface area contributed by atoms with Crippen LogP contribution in [0.1, 0.15) is 31.1 Å². The summed E-state index contributed by atoms with van der Waals surface area (Å²) in [5.74, 6) is 0.367. The molecule has 0 radical (unpaired) electrons. The third kappa shape index (κ3) is 4.29. The standard InChI is InChI=1S/C13H18ClNO4/c1-13(2,3)19-15-12(16)8-6-9(14)11(18-5)10(7-8)17-4/h6-7H,1-5H3,(H,15,16). The van der Waals surface area contributed by atoms with Crippen LogP contribution in [0.3, 0.4) is 0 Å². The summed E-state index contributed by atoms with van der Waals surface area (Å²) in [5.41, 5.74) is 2.21. The van der Waals surface area contributed by atoms with Crippen LogP contribution in [0, 0.1) is 0 Å². The number of carbonyl (C=O) groups is 1. The molecule has 1 amide bonds. The molecular formula is C13H18ClNO4. The van der Waals surface area contributed by atoms with Crippen LogP contribution in [0.5, 0.6) is 11.5 Å². The van der Waals surface area contributed by atoms with Crippen molar-refractivity contribution in [2.24, 2.45) is 0 Å². The molecule has 1 aromatic carbocycles. The van der Waals surface area contributed by atoms with Crippen molar-refractivity contribution in [3.8, 4) is 11.5 Å². The minimum Gasteiger partial charge on any atom is -0.493 e. The van der Waals surface area contributed by atoms with Gasteiger partial charge in [-0.1, -0.05) is 11.6 Å². The lowest BCUT2D eigenvalue weighted by Gasteiger charge is -2.19. The van der Waals surface area contributed by atoms with Gasteiger partial charge in [-0.25, -0.2) is 5.48 Å². The molecule has 0 aliphatic heterocycles. The van der Waals surface area contributed by atoms with Crippen molar-refractivity contribution in [2.45, 2.75) is 26.4 Å². The van der Waals surface area contributed by atoms with Crippen molar-refractivity contribution in [1.82, 2.24) is 5.48 Å². The van der Waals surface area contributed by atoms with Gasteiger partial charge < -0.3 is 9.47 Å². The lowest BCUT2D eigenvalue weighted by atomic mass is 10.2. The molecule has 0 aliphatic carbocycles. The molecule has 0 saturated heterocycles. The molecule has 6 heteroatoms. The van der Waals surface area contributed by atoms with Gasteiger partial charge in [0.05, 0.1) is 24.8 Å². The van der Waals surface area contributed by atoms with Crippen LogP contribution in [0.15, 0.2) is 12.1 Å². The summed E-state index contributed by atoms with van der Waals surface area (Å²) < 4.78 is 10.2. The fraction of sp³-hybridized carbons (Fsp3) is 0.462. The first-order chi connectivity index (χ1) is 8.78. The Morgan fingerprint density at radius 2 is 1.84 bits per heavy atom. The van der Waals surface area contributed by atoms with Gasteiger partial charge in [0.2, 0.25) is 0 Å². The Bertz CT molecular complexity index is 468. The second kappa shape index (κ2) is 6.12. The van der Waals surface area contributed by atoms with Crippen LogP contribution in [0.2, 0.25) is 5.02 Å². The largest absolute Gasteiger partial charge is 0.493 e. The van der Waals surface area contributed by atoms with Crippen LogP contribution < -0.4 is 15.0 Å². The van der Waals surface area contributed by atoms with Gasteiger partial charge in [-0.15, -0.1) is 0 Å². The van der Waals surface area contributed by atoms with Crippen molar-refractivity contribution in [3.63, 3.8) is 0 Å². The molecule has 0 heterocycles. The zero-order chi connectivity index (χ0) is 14.6. The highest BCUT2D eigenvalue weighted by molar-refractivity contribution is 6.32. The number of ether oxygens (including phenoxy) is 2. The van der Waals surface area contributed by atoms with Gasteiger partial charge in [-0.05, 0) is 32.9 Å². The van der Waals surface area contributed by atoms with Crippen molar-refractivity contribution < 1.29 is 19.1 Å². The van der Waals surface area contributed by atoms with Crippen molar-refractivity contribution in [2.75, 3.05) is 14.2 Å². The predicted molar refractivity (Wildman–Crippen MR) is 72.9 cm³/mol. The molecule has 0 aromatic heterocycles. The van der Waals surface area contributed by atoms with Gasteiger partial charge in [0.1, 0.15) is 0 Å². The molecular weight excluding hydrogens is 270 g/mol. The highest BCUT2D eigenvalue weighted by Gasteiger charge is 2.17. The van der Waals surface area contributed by atoms with E-state index in [4.69, 9.17) is 25.9 Å². The van der Waals surface area contributed by atoms with Crippen molar-refractivity contribution in [3.05, 3.63) is 22.7 Å². The maximum Gasteiger partial charge on any atom is 0.275 e. The van der Waals surface area contributed by atoms with E-state index < -0.39 is 11.5 Å². The second-order valence-corrected chi connectivity index (χ2v) is 5.25. The summed E-state index contributed by atoms with van der Waals surface area (Å²) in [6, 6.07) is 3.02. The van der Waals surface area contributed by atoms with Gasteiger partial charge in [-0.3, -0.25) is 9.63 Å². The third-order valence-electron chi connectivity index (χ3n) is 2.15. The van der Waals surface area contributed by atoms with E-state index in [1.165, 1.54) is 26.4 Å². The molecule has 0 spiro atoms. The molecule has 0 bridgehead atoms. The number of hydrogen-bond acceptors (Lipinski definition) is 4. The maximum atomic E-state index is 11.9. The zero-order valence-electron chi connectivity index (χ0n) is 11.7. The number of hydrogen-bond donors (Lipinski definition) is 1. The topological polar surface area (TPSA) is 56.8 Å². The molecule has 1 N–H and O–H groups in total. The predicted octanol–water partition coefficient (Wildman–Crippen LogP) is 2.82. The Morgan fingerprint density at radius 1 is 1.21 bits per heavy atom. The van der Waals surface area contributed by atoms with E-state index in [0.29, 0.717) is 22.1 Å². The molecule has 1 rings (SSSR count). The highest BCUT2D eigenvalue weighted by atomic mass is 35.5. The minimum atomic E-state index is -0.476. The zero-order valence-corrected chi connectivity index (χ0v) is 12.4. The summed E-state index contributed by atoms with van der Waals surface area (Å²) in [4.78, 5) is 17.1. The van der Waals surface area contributed by atoms with Crippen molar-refractivity contribution >= 4 is 17.5 Å². The molecule has 19 heavy (non-hydrogen) atoms. The summed E-state index contributed by atoms with van der Waals surface area (Å²) in [7, 11) is 2.95. The molecule has 0 atom stereocenters. The average molecular weight is 288 g/mol. The normalized spacial score (nSPS) is 11.1. The van der Waals surface area contributed by atoms with Crippen LogP contribution >= 0.6 is 11.6 Å². The number of halogens is 1. The second-order valence-electron chi connectivity index (χ2n) is 4.84. The molecule has 1 aromatic rings. The summed E-state index contributed by atoms with van der Waals surface area (Å²) >= 11 is 6.02. The number of hydroxylamine groups is 1.